The number of morpholine rings is 1. The van der Waals surface area contributed by atoms with E-state index in [0.29, 0.717) is 13.2 Å². The van der Waals surface area contributed by atoms with Crippen molar-refractivity contribution in [1.29, 1.82) is 5.26 Å². The van der Waals surface area contributed by atoms with Crippen molar-refractivity contribution in [1.82, 2.24) is 4.98 Å². The molecule has 6 nitrogen and oxygen atoms in total. The number of nitriles is 1. The first-order chi connectivity index (χ1) is 10.3. The zero-order chi connectivity index (χ0) is 14.2. The second-order valence-electron chi connectivity index (χ2n) is 5.00. The van der Waals surface area contributed by atoms with Gasteiger partial charge in [0.05, 0.1) is 19.2 Å². The number of ether oxygens (including phenoxy) is 3. The standard InChI is InChI=1S/C15H13N3O3/c16-7-11-8-18(3-4-19-11)15-12-6-14-13(20-9-21-14)5-10(12)1-2-17-15/h1-2,5-6,11H,3-4,8-9H2. The molecule has 1 fully saturated rings. The van der Waals surface area contributed by atoms with Gasteiger partial charge in [0.2, 0.25) is 6.79 Å². The van der Waals surface area contributed by atoms with E-state index in [1.807, 2.05) is 18.2 Å². The summed E-state index contributed by atoms with van der Waals surface area (Å²) in [5, 5.41) is 11.1. The minimum atomic E-state index is -0.412. The Morgan fingerprint density at radius 3 is 3.00 bits per heavy atom. The molecule has 2 aliphatic rings. The van der Waals surface area contributed by atoms with Gasteiger partial charge >= 0.3 is 0 Å². The SMILES string of the molecule is N#CC1CN(c2nccc3cc4c(cc23)OCO4)CCO1. The summed E-state index contributed by atoms with van der Waals surface area (Å²) in [4.78, 5) is 6.57. The lowest BCUT2D eigenvalue weighted by atomic mass is 10.1. The molecule has 2 aliphatic heterocycles. The van der Waals surface area contributed by atoms with Crippen LogP contribution in [0, 0.1) is 11.3 Å². The van der Waals surface area contributed by atoms with Gasteiger partial charge in [-0.25, -0.2) is 4.98 Å². The van der Waals surface area contributed by atoms with Crippen molar-refractivity contribution in [2.45, 2.75) is 6.10 Å². The summed E-state index contributed by atoms with van der Waals surface area (Å²) >= 11 is 0. The van der Waals surface area contributed by atoms with Crippen LogP contribution in [0.2, 0.25) is 0 Å². The highest BCUT2D eigenvalue weighted by molar-refractivity contribution is 5.94. The van der Waals surface area contributed by atoms with E-state index in [1.165, 1.54) is 0 Å². The molecule has 3 heterocycles. The Labute approximate surface area is 121 Å². The van der Waals surface area contributed by atoms with E-state index in [-0.39, 0.29) is 6.79 Å². The highest BCUT2D eigenvalue weighted by atomic mass is 16.7. The fourth-order valence-electron chi connectivity index (χ4n) is 2.72. The molecule has 0 bridgehead atoms. The van der Waals surface area contributed by atoms with Crippen molar-refractivity contribution in [3.8, 4) is 17.6 Å². The van der Waals surface area contributed by atoms with E-state index in [0.717, 1.165) is 34.6 Å². The summed E-state index contributed by atoms with van der Waals surface area (Å²) in [6.07, 6.45) is 1.36. The molecule has 2 aromatic rings. The molecule has 21 heavy (non-hydrogen) atoms. The third-order valence-electron chi connectivity index (χ3n) is 3.75. The fourth-order valence-corrected chi connectivity index (χ4v) is 2.72. The lowest BCUT2D eigenvalue weighted by Gasteiger charge is -2.31. The maximum atomic E-state index is 9.04. The van der Waals surface area contributed by atoms with Crippen LogP contribution in [-0.4, -0.2) is 37.6 Å². The van der Waals surface area contributed by atoms with Crippen molar-refractivity contribution < 1.29 is 14.2 Å². The van der Waals surface area contributed by atoms with E-state index in [2.05, 4.69) is 16.0 Å². The van der Waals surface area contributed by atoms with Gasteiger partial charge in [0.25, 0.3) is 0 Å². The van der Waals surface area contributed by atoms with Gasteiger partial charge in [0.15, 0.2) is 17.6 Å². The van der Waals surface area contributed by atoms with Gasteiger partial charge in [-0.3, -0.25) is 0 Å². The van der Waals surface area contributed by atoms with Crippen LogP contribution < -0.4 is 14.4 Å². The van der Waals surface area contributed by atoms with E-state index in [1.54, 1.807) is 6.20 Å². The van der Waals surface area contributed by atoms with Crippen LogP contribution in [-0.2, 0) is 4.74 Å². The number of hydrogen-bond acceptors (Lipinski definition) is 6. The normalized spacial score (nSPS) is 20.5. The number of hydrogen-bond donors (Lipinski definition) is 0. The molecule has 1 saturated heterocycles. The number of anilines is 1. The summed E-state index contributed by atoms with van der Waals surface area (Å²) in [7, 11) is 0. The molecular weight excluding hydrogens is 270 g/mol. The van der Waals surface area contributed by atoms with Crippen LogP contribution in [0.25, 0.3) is 10.8 Å². The van der Waals surface area contributed by atoms with Crippen LogP contribution in [0.15, 0.2) is 24.4 Å². The average molecular weight is 283 g/mol. The second-order valence-corrected chi connectivity index (χ2v) is 5.00. The van der Waals surface area contributed by atoms with Crippen LogP contribution in [0.1, 0.15) is 0 Å². The Morgan fingerprint density at radius 2 is 2.14 bits per heavy atom. The number of rotatable bonds is 1. The molecule has 0 spiro atoms. The smallest absolute Gasteiger partial charge is 0.231 e. The van der Waals surface area contributed by atoms with Crippen molar-refractivity contribution in [2.75, 3.05) is 31.4 Å². The predicted molar refractivity (Wildman–Crippen MR) is 75.4 cm³/mol. The predicted octanol–water partition coefficient (Wildman–Crippen LogP) is 1.69. The van der Waals surface area contributed by atoms with Gasteiger partial charge < -0.3 is 19.1 Å². The van der Waals surface area contributed by atoms with Crippen LogP contribution in [0.4, 0.5) is 5.82 Å². The van der Waals surface area contributed by atoms with E-state index in [9.17, 15) is 0 Å². The zero-order valence-electron chi connectivity index (χ0n) is 11.3. The molecule has 1 atom stereocenters. The zero-order valence-corrected chi connectivity index (χ0v) is 11.3. The summed E-state index contributed by atoms with van der Waals surface area (Å²) in [6, 6.07) is 8.02. The quantitative estimate of drug-likeness (QED) is 0.793. The van der Waals surface area contributed by atoms with Crippen molar-refractivity contribution in [2.24, 2.45) is 0 Å². The number of aromatic nitrogens is 1. The van der Waals surface area contributed by atoms with Gasteiger partial charge in [-0.2, -0.15) is 5.26 Å². The van der Waals surface area contributed by atoms with Crippen LogP contribution in [0.5, 0.6) is 11.5 Å². The maximum absolute atomic E-state index is 9.04. The largest absolute Gasteiger partial charge is 0.454 e. The minimum absolute atomic E-state index is 0.252. The van der Waals surface area contributed by atoms with Crippen LogP contribution >= 0.6 is 0 Å². The first-order valence-corrected chi connectivity index (χ1v) is 6.80. The highest BCUT2D eigenvalue weighted by Gasteiger charge is 2.23. The van der Waals surface area contributed by atoms with Gasteiger partial charge in [-0.1, -0.05) is 0 Å². The van der Waals surface area contributed by atoms with Crippen molar-refractivity contribution in [3.63, 3.8) is 0 Å². The molecule has 4 rings (SSSR count). The lowest BCUT2D eigenvalue weighted by molar-refractivity contribution is 0.0762. The molecule has 0 amide bonds. The van der Waals surface area contributed by atoms with Crippen molar-refractivity contribution in [3.05, 3.63) is 24.4 Å². The first-order valence-electron chi connectivity index (χ1n) is 6.80. The van der Waals surface area contributed by atoms with E-state index in [4.69, 9.17) is 19.5 Å². The molecule has 1 aromatic heterocycles. The molecule has 1 aromatic carbocycles. The molecule has 0 saturated carbocycles. The summed E-state index contributed by atoms with van der Waals surface area (Å²) in [5.41, 5.74) is 0. The molecule has 1 unspecified atom stereocenters. The van der Waals surface area contributed by atoms with Crippen molar-refractivity contribution >= 4 is 16.6 Å². The molecular formula is C15H13N3O3. The Morgan fingerprint density at radius 1 is 1.29 bits per heavy atom. The van der Waals surface area contributed by atoms with Crippen LogP contribution in [0.3, 0.4) is 0 Å². The number of nitrogens with zero attached hydrogens (tertiary/aromatic N) is 3. The average Bonchev–Trinajstić information content (AvgIpc) is 2.99. The molecule has 0 aliphatic carbocycles. The Balaban J connectivity index is 1.80. The topological polar surface area (TPSA) is 67.6 Å². The first kappa shape index (κ1) is 12.2. The monoisotopic (exact) mass is 283 g/mol. The van der Waals surface area contributed by atoms with Gasteiger partial charge in [0, 0.05) is 18.1 Å². The molecule has 0 radical (unpaired) electrons. The third-order valence-corrected chi connectivity index (χ3v) is 3.75. The lowest BCUT2D eigenvalue weighted by Crippen LogP contribution is -2.42. The molecule has 106 valence electrons. The molecule has 6 heteroatoms. The summed E-state index contributed by atoms with van der Waals surface area (Å²) in [5.74, 6) is 2.35. The molecule has 0 N–H and O–H groups in total. The number of pyridine rings is 1. The summed E-state index contributed by atoms with van der Waals surface area (Å²) < 4.78 is 16.2. The van der Waals surface area contributed by atoms with Gasteiger partial charge in [-0.15, -0.1) is 0 Å². The minimum Gasteiger partial charge on any atom is -0.454 e. The highest BCUT2D eigenvalue weighted by Crippen LogP contribution is 2.38. The van der Waals surface area contributed by atoms with E-state index >= 15 is 0 Å². The second kappa shape index (κ2) is 4.79. The van der Waals surface area contributed by atoms with Gasteiger partial charge in [0.1, 0.15) is 5.82 Å². The Kier molecular flexibility index (Phi) is 2.79. The number of benzene rings is 1. The maximum Gasteiger partial charge on any atom is 0.231 e. The summed E-state index contributed by atoms with van der Waals surface area (Å²) in [6.45, 7) is 2.03. The van der Waals surface area contributed by atoms with Gasteiger partial charge in [-0.05, 0) is 23.6 Å². The Bertz CT molecular complexity index is 741. The number of fused-ring (bicyclic) bond motifs is 2. The Hall–Kier alpha value is -2.52. The van der Waals surface area contributed by atoms with E-state index < -0.39 is 6.10 Å². The fraction of sp³-hybridized carbons (Fsp3) is 0.333. The third kappa shape index (κ3) is 2.03.